The summed E-state index contributed by atoms with van der Waals surface area (Å²) in [6.45, 7) is 0. The third kappa shape index (κ3) is 7.32. The molecule has 0 aliphatic rings. The van der Waals surface area contributed by atoms with E-state index in [9.17, 15) is 17.3 Å². The first-order valence-corrected chi connectivity index (χ1v) is 11.0. The van der Waals surface area contributed by atoms with Crippen LogP contribution in [0.2, 0.25) is 0 Å². The molecule has 0 fully saturated rings. The molecule has 0 aromatic heterocycles. The summed E-state index contributed by atoms with van der Waals surface area (Å²) < 4.78 is 58.1. The standard InChI is InChI=1S/C12H36N7P2.BF4/c1-14(2)20(15(3)4,16(5)6)13-21(17(7)8,18(9)10)19(11)12;2-1(3,4)5/h1-12H3;/q+1;-1. The minimum atomic E-state index is -6.00. The first-order chi connectivity index (χ1) is 11.4. The normalized spacial score (nSPS) is 13.9. The molecule has 0 unspecified atom stereocenters. The van der Waals surface area contributed by atoms with Crippen LogP contribution in [0.1, 0.15) is 0 Å². The second-order valence-electron chi connectivity index (χ2n) is 6.74. The van der Waals surface area contributed by atoms with Gasteiger partial charge in [0.15, 0.2) is 0 Å². The van der Waals surface area contributed by atoms with E-state index in [0.717, 1.165) is 0 Å². The second kappa shape index (κ2) is 10.7. The monoisotopic (exact) mass is 427 g/mol. The summed E-state index contributed by atoms with van der Waals surface area (Å²) >= 11 is 0. The predicted molar refractivity (Wildman–Crippen MR) is 109 cm³/mol. The maximum atomic E-state index is 9.75. The Labute approximate surface area is 157 Å². The highest BCUT2D eigenvalue weighted by Crippen LogP contribution is 2.73. The first-order valence-electron chi connectivity index (χ1n) is 7.84. The predicted octanol–water partition coefficient (Wildman–Crippen LogP) is 3.28. The highest BCUT2D eigenvalue weighted by Gasteiger charge is 2.52. The van der Waals surface area contributed by atoms with Crippen molar-refractivity contribution in [1.29, 1.82) is 0 Å². The van der Waals surface area contributed by atoms with Crippen molar-refractivity contribution in [3.63, 3.8) is 0 Å². The molecule has 0 bridgehead atoms. The van der Waals surface area contributed by atoms with Gasteiger partial charge in [-0.05, 0) is 46.8 Å². The number of halogens is 4. The van der Waals surface area contributed by atoms with Crippen LogP contribution in [0.15, 0.2) is 4.52 Å². The van der Waals surface area contributed by atoms with Gasteiger partial charge in [-0.1, -0.05) is 0 Å². The van der Waals surface area contributed by atoms with Gasteiger partial charge in [0.1, 0.15) is 0 Å². The van der Waals surface area contributed by atoms with Crippen LogP contribution in [0.25, 0.3) is 0 Å². The summed E-state index contributed by atoms with van der Waals surface area (Å²) in [5.74, 6) is 0. The van der Waals surface area contributed by atoms with Gasteiger partial charge in [0.25, 0.3) is 0 Å². The molecular weight excluding hydrogens is 391 g/mol. The molecule has 0 spiro atoms. The lowest BCUT2D eigenvalue weighted by molar-refractivity contribution is 0.368. The van der Waals surface area contributed by atoms with Gasteiger partial charge in [-0.3, -0.25) is 0 Å². The van der Waals surface area contributed by atoms with Crippen molar-refractivity contribution < 1.29 is 17.3 Å². The second-order valence-corrected chi connectivity index (χ2v) is 14.4. The zero-order valence-electron chi connectivity index (χ0n) is 18.1. The van der Waals surface area contributed by atoms with E-state index in [-0.39, 0.29) is 0 Å². The molecule has 0 aliphatic carbocycles. The number of nitrogens with zero attached hydrogens (tertiary/aromatic N) is 7. The summed E-state index contributed by atoms with van der Waals surface area (Å²) in [6.07, 6.45) is 0. The molecule has 0 rings (SSSR count). The Morgan fingerprint density at radius 1 is 0.577 bits per heavy atom. The number of hydrogen-bond acceptors (Lipinski definition) is 4. The molecule has 0 aliphatic heterocycles. The van der Waals surface area contributed by atoms with Crippen LogP contribution in [0.3, 0.4) is 0 Å². The molecule has 14 heteroatoms. The van der Waals surface area contributed by atoms with E-state index >= 15 is 0 Å². The molecule has 160 valence electrons. The molecule has 0 saturated carbocycles. The fourth-order valence-electron chi connectivity index (χ4n) is 2.79. The van der Waals surface area contributed by atoms with Gasteiger partial charge < -0.3 is 17.3 Å². The van der Waals surface area contributed by atoms with Gasteiger partial charge >= 0.3 is 15.1 Å². The van der Waals surface area contributed by atoms with Gasteiger partial charge in [-0.2, -0.15) is 0 Å². The van der Waals surface area contributed by atoms with Crippen LogP contribution < -0.4 is 0 Å². The Morgan fingerprint density at radius 2 is 0.769 bits per heavy atom. The van der Waals surface area contributed by atoms with Crippen LogP contribution >= 0.6 is 15.4 Å². The Hall–Kier alpha value is 0.205. The maximum absolute atomic E-state index is 9.75. The van der Waals surface area contributed by atoms with Gasteiger partial charge in [0.2, 0.25) is 7.51 Å². The van der Waals surface area contributed by atoms with Crippen molar-refractivity contribution in [3.8, 4) is 0 Å². The molecule has 0 heterocycles. The maximum Gasteiger partial charge on any atom is 0.673 e. The quantitative estimate of drug-likeness (QED) is 0.352. The van der Waals surface area contributed by atoms with Crippen molar-refractivity contribution in [2.45, 2.75) is 0 Å². The van der Waals surface area contributed by atoms with Gasteiger partial charge in [0.05, 0.1) is 0 Å². The lowest BCUT2D eigenvalue weighted by Crippen LogP contribution is -2.37. The van der Waals surface area contributed by atoms with Crippen molar-refractivity contribution in [2.24, 2.45) is 4.52 Å². The SMILES string of the molecule is CN(C)P(=N[P+](N(C)C)(N(C)C)N(C)C)(N(C)C)N(C)C.F[B-](F)(F)F. The Morgan fingerprint density at radius 3 is 0.885 bits per heavy atom. The molecule has 0 N–H and O–H groups in total. The van der Waals surface area contributed by atoms with E-state index in [1.807, 2.05) is 0 Å². The fourth-order valence-corrected chi connectivity index (χ4v) is 12.2. The summed E-state index contributed by atoms with van der Waals surface area (Å²) in [7, 11) is 15.5. The molecule has 7 nitrogen and oxygen atoms in total. The van der Waals surface area contributed by atoms with E-state index in [2.05, 4.69) is 113 Å². The molecular formula is C12H36BF4N7P2. The molecule has 0 atom stereocenters. The summed E-state index contributed by atoms with van der Waals surface area (Å²) in [6, 6.07) is 0. The largest absolute Gasteiger partial charge is 0.673 e. The Kier molecular flexibility index (Phi) is 11.7. The van der Waals surface area contributed by atoms with E-state index in [1.54, 1.807) is 0 Å². The van der Waals surface area contributed by atoms with Crippen LogP contribution in [0.4, 0.5) is 17.3 Å². The lowest BCUT2D eigenvalue weighted by atomic mass is 10.3. The summed E-state index contributed by atoms with van der Waals surface area (Å²) in [5, 5.41) is 0. The third-order valence-corrected chi connectivity index (χ3v) is 11.8. The van der Waals surface area contributed by atoms with E-state index < -0.39 is 22.6 Å². The highest BCUT2D eigenvalue weighted by atomic mass is 31.2. The number of hydrogen-bond donors (Lipinski definition) is 0. The zero-order chi connectivity index (χ0) is 21.7. The number of rotatable bonds is 7. The fraction of sp³-hybridized carbons (Fsp3) is 1.00. The van der Waals surface area contributed by atoms with Crippen molar-refractivity contribution >= 4 is 22.6 Å². The summed E-state index contributed by atoms with van der Waals surface area (Å²) in [4.78, 5) is 0. The van der Waals surface area contributed by atoms with E-state index in [1.165, 1.54) is 0 Å². The van der Waals surface area contributed by atoms with E-state index in [0.29, 0.717) is 0 Å². The average Bonchev–Trinajstić information content (AvgIpc) is 2.34. The average molecular weight is 427 g/mol. The van der Waals surface area contributed by atoms with E-state index in [4.69, 9.17) is 4.52 Å². The third-order valence-electron chi connectivity index (χ3n) is 3.46. The van der Waals surface area contributed by atoms with Crippen molar-refractivity contribution in [1.82, 2.24) is 28.0 Å². The zero-order valence-corrected chi connectivity index (χ0v) is 19.9. The molecule has 0 aromatic carbocycles. The minimum absolute atomic E-state index is 1.95. The van der Waals surface area contributed by atoms with Crippen LogP contribution in [-0.2, 0) is 0 Å². The van der Waals surface area contributed by atoms with Gasteiger partial charge in [-0.25, -0.2) is 14.0 Å². The molecule has 0 aromatic rings. The topological polar surface area (TPSA) is 31.8 Å². The van der Waals surface area contributed by atoms with Gasteiger partial charge in [0, 0.05) is 42.3 Å². The first kappa shape index (κ1) is 28.4. The molecule has 26 heavy (non-hydrogen) atoms. The van der Waals surface area contributed by atoms with Gasteiger partial charge in [-0.15, -0.1) is 14.0 Å². The Balaban J connectivity index is 0. The summed E-state index contributed by atoms with van der Waals surface area (Å²) in [5.41, 5.74) is 0. The van der Waals surface area contributed by atoms with Crippen LogP contribution in [0.5, 0.6) is 0 Å². The van der Waals surface area contributed by atoms with Crippen molar-refractivity contribution in [2.75, 3.05) is 84.6 Å². The smallest absolute Gasteiger partial charge is 0.418 e. The molecule has 0 radical (unpaired) electrons. The van der Waals surface area contributed by atoms with Crippen LogP contribution in [-0.4, -0.2) is 120 Å². The Bertz CT molecular complexity index is 415. The molecule has 0 amide bonds. The highest BCUT2D eigenvalue weighted by molar-refractivity contribution is 7.75. The van der Waals surface area contributed by atoms with Crippen molar-refractivity contribution in [3.05, 3.63) is 0 Å². The molecule has 0 saturated heterocycles. The van der Waals surface area contributed by atoms with Crippen LogP contribution in [0, 0.1) is 0 Å². The minimum Gasteiger partial charge on any atom is -0.418 e. The lowest BCUT2D eigenvalue weighted by Gasteiger charge is -2.43.